The predicted octanol–water partition coefficient (Wildman–Crippen LogP) is 4.47. The van der Waals surface area contributed by atoms with Crippen LogP contribution in [0.4, 0.5) is 4.39 Å². The summed E-state index contributed by atoms with van der Waals surface area (Å²) in [6.45, 7) is -0.623. The van der Waals surface area contributed by atoms with Crippen LogP contribution in [0.1, 0.15) is 11.1 Å². The Morgan fingerprint density at radius 3 is 2.41 bits per heavy atom. The molecule has 0 atom stereocenters. The average molecular weight is 494 g/mol. The van der Waals surface area contributed by atoms with E-state index in [0.29, 0.717) is 15.6 Å². The van der Waals surface area contributed by atoms with E-state index in [2.05, 4.69) is 10.5 Å². The number of hydrogen-bond acceptors (Lipinski definition) is 4. The Labute approximate surface area is 195 Å². The molecule has 3 aromatic rings. The van der Waals surface area contributed by atoms with E-state index in [4.69, 9.17) is 23.2 Å². The maximum atomic E-state index is 13.7. The first-order valence-electron chi connectivity index (χ1n) is 9.32. The first-order valence-corrected chi connectivity index (χ1v) is 11.5. The summed E-state index contributed by atoms with van der Waals surface area (Å²) in [4.78, 5) is 12.4. The van der Waals surface area contributed by atoms with E-state index >= 15 is 0 Å². The Balaban J connectivity index is 1.81. The molecular formula is C22H18Cl2FN3O3S. The van der Waals surface area contributed by atoms with E-state index in [1.807, 2.05) is 0 Å². The van der Waals surface area contributed by atoms with Gasteiger partial charge in [0.2, 0.25) is 10.0 Å². The van der Waals surface area contributed by atoms with Crippen LogP contribution in [-0.4, -0.2) is 31.4 Å². The molecule has 0 aliphatic heterocycles. The highest BCUT2D eigenvalue weighted by Crippen LogP contribution is 2.21. The van der Waals surface area contributed by atoms with Gasteiger partial charge in [0.05, 0.1) is 17.7 Å². The van der Waals surface area contributed by atoms with Crippen molar-refractivity contribution in [1.29, 1.82) is 0 Å². The molecule has 0 bridgehead atoms. The van der Waals surface area contributed by atoms with Crippen molar-refractivity contribution in [2.45, 2.75) is 11.4 Å². The number of carbonyl (C=O) groups excluding carboxylic acids is 1. The topological polar surface area (TPSA) is 78.8 Å². The minimum atomic E-state index is -4.05. The number of benzene rings is 3. The van der Waals surface area contributed by atoms with Gasteiger partial charge in [0.1, 0.15) is 5.82 Å². The zero-order valence-electron chi connectivity index (χ0n) is 16.6. The summed E-state index contributed by atoms with van der Waals surface area (Å²) >= 11 is 11.9. The average Bonchev–Trinajstić information content (AvgIpc) is 2.75. The van der Waals surface area contributed by atoms with Crippen LogP contribution in [0.25, 0.3) is 0 Å². The van der Waals surface area contributed by atoms with Crippen molar-refractivity contribution in [3.05, 3.63) is 99.8 Å². The molecule has 3 rings (SSSR count). The summed E-state index contributed by atoms with van der Waals surface area (Å²) in [6, 6.07) is 18.2. The van der Waals surface area contributed by atoms with Gasteiger partial charge in [-0.25, -0.2) is 18.2 Å². The van der Waals surface area contributed by atoms with E-state index in [0.717, 1.165) is 10.5 Å². The number of amides is 1. The number of halogens is 3. The Bertz CT molecular complexity index is 1240. The summed E-state index contributed by atoms with van der Waals surface area (Å²) in [5.74, 6) is -1.20. The molecular weight excluding hydrogens is 476 g/mol. The normalized spacial score (nSPS) is 11.8. The predicted molar refractivity (Wildman–Crippen MR) is 123 cm³/mol. The highest BCUT2D eigenvalue weighted by Gasteiger charge is 2.27. The van der Waals surface area contributed by atoms with Crippen LogP contribution < -0.4 is 5.43 Å². The van der Waals surface area contributed by atoms with Crippen molar-refractivity contribution >= 4 is 45.3 Å². The molecule has 10 heteroatoms. The summed E-state index contributed by atoms with van der Waals surface area (Å²) in [7, 11) is -4.05. The second-order valence-electron chi connectivity index (χ2n) is 6.67. The number of nitrogens with zero attached hydrogens (tertiary/aromatic N) is 2. The van der Waals surface area contributed by atoms with Crippen LogP contribution in [0.15, 0.2) is 82.8 Å². The molecule has 0 aliphatic carbocycles. The van der Waals surface area contributed by atoms with Crippen LogP contribution in [0, 0.1) is 5.82 Å². The largest absolute Gasteiger partial charge is 0.272 e. The molecule has 32 heavy (non-hydrogen) atoms. The molecule has 0 fully saturated rings. The van der Waals surface area contributed by atoms with Gasteiger partial charge in [-0.05, 0) is 48.0 Å². The van der Waals surface area contributed by atoms with E-state index < -0.39 is 28.3 Å². The summed E-state index contributed by atoms with van der Waals surface area (Å²) in [6.07, 6.45) is 1.14. The van der Waals surface area contributed by atoms with Crippen molar-refractivity contribution < 1.29 is 17.6 Å². The Morgan fingerprint density at radius 2 is 1.72 bits per heavy atom. The highest BCUT2D eigenvalue weighted by atomic mass is 35.5. The standard InChI is InChI=1S/C22H18Cl2FN3O3S/c23-18-8-10-20(11-9-18)32(30,31)28(14-16-4-3-6-19(24)12-16)15-22(29)27-26-13-17-5-1-2-7-21(17)25/h1-13H,14-15H2,(H,27,29)/b26-13-. The van der Waals surface area contributed by atoms with E-state index in [1.54, 1.807) is 30.3 Å². The quantitative estimate of drug-likeness (QED) is 0.371. The van der Waals surface area contributed by atoms with Gasteiger partial charge < -0.3 is 0 Å². The monoisotopic (exact) mass is 493 g/mol. The van der Waals surface area contributed by atoms with Crippen molar-refractivity contribution in [3.63, 3.8) is 0 Å². The lowest BCUT2D eigenvalue weighted by Crippen LogP contribution is -2.39. The molecule has 6 nitrogen and oxygen atoms in total. The molecule has 166 valence electrons. The molecule has 0 heterocycles. The zero-order chi connectivity index (χ0) is 23.1. The summed E-state index contributed by atoms with van der Waals surface area (Å²) in [5, 5.41) is 4.53. The fraction of sp³-hybridized carbons (Fsp3) is 0.0909. The zero-order valence-corrected chi connectivity index (χ0v) is 18.9. The second kappa shape index (κ2) is 10.7. The van der Waals surface area contributed by atoms with Gasteiger partial charge in [-0.3, -0.25) is 4.79 Å². The molecule has 3 aromatic carbocycles. The van der Waals surface area contributed by atoms with Crippen molar-refractivity contribution in [1.82, 2.24) is 9.73 Å². The van der Waals surface area contributed by atoms with Crippen LogP contribution in [0.3, 0.4) is 0 Å². The maximum absolute atomic E-state index is 13.7. The third-order valence-electron chi connectivity index (χ3n) is 4.32. The highest BCUT2D eigenvalue weighted by molar-refractivity contribution is 7.89. The van der Waals surface area contributed by atoms with Crippen molar-refractivity contribution in [2.75, 3.05) is 6.54 Å². The minimum Gasteiger partial charge on any atom is -0.272 e. The molecule has 0 aliphatic rings. The van der Waals surface area contributed by atoms with Crippen molar-refractivity contribution in [2.24, 2.45) is 5.10 Å². The van der Waals surface area contributed by atoms with E-state index in [-0.39, 0.29) is 17.0 Å². The first kappa shape index (κ1) is 23.9. The molecule has 1 N–H and O–H groups in total. The van der Waals surface area contributed by atoms with E-state index in [1.165, 1.54) is 42.5 Å². The molecule has 0 radical (unpaired) electrons. The number of rotatable bonds is 8. The number of nitrogens with one attached hydrogen (secondary N) is 1. The number of hydrazone groups is 1. The Kier molecular flexibility index (Phi) is 7.98. The summed E-state index contributed by atoms with van der Waals surface area (Å²) < 4.78 is 41.0. The lowest BCUT2D eigenvalue weighted by atomic mass is 10.2. The maximum Gasteiger partial charge on any atom is 0.255 e. The molecule has 0 saturated heterocycles. The number of sulfonamides is 1. The van der Waals surface area contributed by atoms with Crippen LogP contribution in [0.5, 0.6) is 0 Å². The second-order valence-corrected chi connectivity index (χ2v) is 9.48. The fourth-order valence-electron chi connectivity index (χ4n) is 2.77. The van der Waals surface area contributed by atoms with Gasteiger partial charge in [0.15, 0.2) is 0 Å². The molecule has 0 saturated carbocycles. The number of carbonyl (C=O) groups is 1. The van der Waals surface area contributed by atoms with Gasteiger partial charge in [0, 0.05) is 22.2 Å². The Hall–Kier alpha value is -2.78. The fourth-order valence-corrected chi connectivity index (χ4v) is 4.49. The smallest absolute Gasteiger partial charge is 0.255 e. The lowest BCUT2D eigenvalue weighted by molar-refractivity contribution is -0.121. The number of hydrogen-bond donors (Lipinski definition) is 1. The SMILES string of the molecule is O=C(CN(Cc1cccc(Cl)c1)S(=O)(=O)c1ccc(Cl)cc1)N/N=C\c1ccccc1F. The van der Waals surface area contributed by atoms with Gasteiger partial charge in [0.25, 0.3) is 5.91 Å². The third-order valence-corrected chi connectivity index (χ3v) is 6.61. The third kappa shape index (κ3) is 6.37. The van der Waals surface area contributed by atoms with Gasteiger partial charge >= 0.3 is 0 Å². The van der Waals surface area contributed by atoms with Gasteiger partial charge in [-0.15, -0.1) is 0 Å². The molecule has 0 aromatic heterocycles. The van der Waals surface area contributed by atoms with Crippen LogP contribution >= 0.6 is 23.2 Å². The molecule has 0 spiro atoms. The van der Waals surface area contributed by atoms with Crippen LogP contribution in [-0.2, 0) is 21.4 Å². The Morgan fingerprint density at radius 1 is 1.00 bits per heavy atom. The van der Waals surface area contributed by atoms with E-state index in [9.17, 15) is 17.6 Å². The van der Waals surface area contributed by atoms with Crippen molar-refractivity contribution in [3.8, 4) is 0 Å². The lowest BCUT2D eigenvalue weighted by Gasteiger charge is -2.21. The first-order chi connectivity index (χ1) is 15.3. The van der Waals surface area contributed by atoms with Gasteiger partial charge in [-0.2, -0.15) is 9.41 Å². The summed E-state index contributed by atoms with van der Waals surface area (Å²) in [5.41, 5.74) is 3.00. The molecule has 0 unspecified atom stereocenters. The van der Waals surface area contributed by atoms with Gasteiger partial charge in [-0.1, -0.05) is 53.5 Å². The van der Waals surface area contributed by atoms with Crippen LogP contribution in [0.2, 0.25) is 10.0 Å². The minimum absolute atomic E-state index is 0.0217. The molecule has 1 amide bonds.